The van der Waals surface area contributed by atoms with E-state index in [-0.39, 0.29) is 41.7 Å². The van der Waals surface area contributed by atoms with Gasteiger partial charge in [0.05, 0.1) is 16.4 Å². The smallest absolute Gasteiger partial charge is 0.270 e. The zero-order valence-electron chi connectivity index (χ0n) is 16.3. The fourth-order valence-electron chi connectivity index (χ4n) is 2.06. The van der Waals surface area contributed by atoms with E-state index in [9.17, 15) is 23.3 Å². The van der Waals surface area contributed by atoms with Gasteiger partial charge in [-0.3, -0.25) is 19.9 Å². The molecule has 0 saturated heterocycles. The molecule has 1 amide bonds. The van der Waals surface area contributed by atoms with Crippen LogP contribution in [0.3, 0.4) is 0 Å². The summed E-state index contributed by atoms with van der Waals surface area (Å²) in [7, 11) is -2.37. The van der Waals surface area contributed by atoms with Crippen molar-refractivity contribution in [3.63, 3.8) is 0 Å². The van der Waals surface area contributed by atoms with Crippen LogP contribution in [0.1, 0.15) is 20.8 Å². The van der Waals surface area contributed by atoms with Crippen molar-refractivity contribution in [1.82, 2.24) is 20.7 Å². The lowest BCUT2D eigenvalue weighted by molar-refractivity contribution is -0.385. The molecular formula is C16H26N6O5S. The second-order valence-corrected chi connectivity index (χ2v) is 8.57. The van der Waals surface area contributed by atoms with Gasteiger partial charge >= 0.3 is 0 Å². The summed E-state index contributed by atoms with van der Waals surface area (Å²) in [5.41, 5.74) is -0.653. The highest BCUT2D eigenvalue weighted by Crippen LogP contribution is 2.16. The number of carbonyl (C=O) groups excluding carboxylic acids is 1. The Labute approximate surface area is 164 Å². The van der Waals surface area contributed by atoms with Crippen molar-refractivity contribution in [3.05, 3.63) is 34.4 Å². The maximum Gasteiger partial charge on any atom is 0.270 e. The molecule has 1 rings (SSSR count). The normalized spacial score (nSPS) is 12.4. The second-order valence-electron chi connectivity index (χ2n) is 6.80. The molecule has 0 atom stereocenters. The Morgan fingerprint density at radius 2 is 1.89 bits per heavy atom. The summed E-state index contributed by atoms with van der Waals surface area (Å²) in [6.07, 6.45) is 0. The Kier molecular flexibility index (Phi) is 8.32. The predicted octanol–water partition coefficient (Wildman–Crippen LogP) is -0.0472. The summed E-state index contributed by atoms with van der Waals surface area (Å²) < 4.78 is 26.8. The lowest BCUT2D eigenvalue weighted by Crippen LogP contribution is -2.48. The highest BCUT2D eigenvalue weighted by atomic mass is 32.2. The van der Waals surface area contributed by atoms with Crippen LogP contribution < -0.4 is 20.7 Å². The summed E-state index contributed by atoms with van der Waals surface area (Å²) in [6.45, 7) is 5.81. The summed E-state index contributed by atoms with van der Waals surface area (Å²) >= 11 is 0. The minimum absolute atomic E-state index is 0.0103. The molecule has 1 aromatic rings. The van der Waals surface area contributed by atoms with Crippen molar-refractivity contribution in [1.29, 1.82) is 0 Å². The Bertz CT molecular complexity index is 832. The molecule has 0 aliphatic heterocycles. The van der Waals surface area contributed by atoms with Crippen molar-refractivity contribution in [2.75, 3.05) is 26.7 Å². The first-order chi connectivity index (χ1) is 12.9. The number of carbonyl (C=O) groups is 1. The van der Waals surface area contributed by atoms with E-state index in [2.05, 4.69) is 25.7 Å². The van der Waals surface area contributed by atoms with Gasteiger partial charge in [-0.05, 0) is 26.8 Å². The number of aliphatic imine (C=N–C) groups is 1. The molecule has 4 N–H and O–H groups in total. The third-order valence-corrected chi connectivity index (χ3v) is 4.66. The highest BCUT2D eigenvalue weighted by molar-refractivity contribution is 7.89. The number of non-ortho nitro benzene ring substituents is 1. The molecule has 0 heterocycles. The second kappa shape index (κ2) is 9.99. The number of nitrogens with one attached hydrogen (secondary N) is 4. The number of nitrogens with zero attached hydrogens (tertiary/aromatic N) is 2. The number of amides is 1. The quantitative estimate of drug-likeness (QED) is 0.153. The maximum atomic E-state index is 12.2. The SMILES string of the molecule is CN=C(NCCNS(=O)(=O)c1cccc([N+](=O)[O-])c1)NCC(=O)NC(C)(C)C. The van der Waals surface area contributed by atoms with E-state index < -0.39 is 14.9 Å². The van der Waals surface area contributed by atoms with E-state index in [0.717, 1.165) is 6.07 Å². The van der Waals surface area contributed by atoms with Crippen LogP contribution in [0.4, 0.5) is 5.69 Å². The van der Waals surface area contributed by atoms with Crippen molar-refractivity contribution in [2.24, 2.45) is 4.99 Å². The lowest BCUT2D eigenvalue weighted by atomic mass is 10.1. The van der Waals surface area contributed by atoms with Gasteiger partial charge in [0.2, 0.25) is 15.9 Å². The van der Waals surface area contributed by atoms with Crippen LogP contribution in [-0.2, 0) is 14.8 Å². The number of nitro groups is 1. The van der Waals surface area contributed by atoms with Gasteiger partial charge in [-0.2, -0.15) is 0 Å². The van der Waals surface area contributed by atoms with Gasteiger partial charge in [-0.15, -0.1) is 0 Å². The van der Waals surface area contributed by atoms with E-state index in [1.165, 1.54) is 25.2 Å². The third kappa shape index (κ3) is 8.31. The molecule has 0 radical (unpaired) electrons. The summed E-state index contributed by atoms with van der Waals surface area (Å²) in [5.74, 6) is 0.125. The summed E-state index contributed by atoms with van der Waals surface area (Å²) in [6, 6.07) is 4.78. The third-order valence-electron chi connectivity index (χ3n) is 3.20. The molecule has 28 heavy (non-hydrogen) atoms. The van der Waals surface area contributed by atoms with E-state index in [4.69, 9.17) is 0 Å². The molecule has 11 nitrogen and oxygen atoms in total. The van der Waals surface area contributed by atoms with E-state index >= 15 is 0 Å². The Morgan fingerprint density at radius 1 is 1.21 bits per heavy atom. The van der Waals surface area contributed by atoms with Crippen molar-refractivity contribution in [3.8, 4) is 0 Å². The fourth-order valence-corrected chi connectivity index (χ4v) is 3.13. The van der Waals surface area contributed by atoms with Gasteiger partial charge in [0.15, 0.2) is 5.96 Å². The van der Waals surface area contributed by atoms with Crippen LogP contribution in [0.15, 0.2) is 34.2 Å². The van der Waals surface area contributed by atoms with E-state index in [1.807, 2.05) is 20.8 Å². The lowest BCUT2D eigenvalue weighted by Gasteiger charge is -2.21. The number of hydrogen-bond donors (Lipinski definition) is 4. The van der Waals surface area contributed by atoms with Crippen molar-refractivity contribution >= 4 is 27.6 Å². The minimum atomic E-state index is -3.89. The average molecular weight is 414 g/mol. The average Bonchev–Trinajstić information content (AvgIpc) is 2.59. The summed E-state index contributed by atoms with van der Waals surface area (Å²) in [5, 5.41) is 19.2. The van der Waals surface area contributed by atoms with Crippen LogP contribution in [0, 0.1) is 10.1 Å². The van der Waals surface area contributed by atoms with Crippen molar-refractivity contribution in [2.45, 2.75) is 31.2 Å². The van der Waals surface area contributed by atoms with Crippen LogP contribution in [0.25, 0.3) is 0 Å². The number of benzene rings is 1. The molecule has 0 spiro atoms. The Morgan fingerprint density at radius 3 is 2.46 bits per heavy atom. The Balaban J connectivity index is 2.48. The zero-order valence-corrected chi connectivity index (χ0v) is 17.1. The predicted molar refractivity (Wildman–Crippen MR) is 106 cm³/mol. The van der Waals surface area contributed by atoms with Crippen LogP contribution in [0.5, 0.6) is 0 Å². The van der Waals surface area contributed by atoms with Gasteiger partial charge in [-0.25, -0.2) is 13.1 Å². The standard InChI is InChI=1S/C16H26N6O5S/c1-16(2,3)21-14(23)11-19-15(17-4)18-8-9-20-28(26,27)13-7-5-6-12(10-13)22(24)25/h5-7,10,20H,8-9,11H2,1-4H3,(H,21,23)(H2,17,18,19). The first kappa shape index (κ1) is 23.3. The van der Waals surface area contributed by atoms with E-state index in [0.29, 0.717) is 5.96 Å². The first-order valence-electron chi connectivity index (χ1n) is 8.44. The number of sulfonamides is 1. The molecule has 12 heteroatoms. The topological polar surface area (TPSA) is 155 Å². The largest absolute Gasteiger partial charge is 0.355 e. The molecule has 0 saturated carbocycles. The van der Waals surface area contributed by atoms with Gasteiger partial charge < -0.3 is 16.0 Å². The van der Waals surface area contributed by atoms with Crippen LogP contribution in [-0.4, -0.2) is 57.4 Å². The molecule has 0 aliphatic rings. The number of hydrogen-bond acceptors (Lipinski definition) is 6. The van der Waals surface area contributed by atoms with Gasteiger partial charge in [0.25, 0.3) is 5.69 Å². The van der Waals surface area contributed by atoms with Crippen molar-refractivity contribution < 1.29 is 18.1 Å². The number of rotatable bonds is 8. The first-order valence-corrected chi connectivity index (χ1v) is 9.92. The molecule has 0 fully saturated rings. The fraction of sp³-hybridized carbons (Fsp3) is 0.500. The van der Waals surface area contributed by atoms with Gasteiger partial charge in [0.1, 0.15) is 0 Å². The molecule has 0 bridgehead atoms. The number of guanidine groups is 1. The zero-order chi connectivity index (χ0) is 21.4. The minimum Gasteiger partial charge on any atom is -0.355 e. The molecular weight excluding hydrogens is 388 g/mol. The monoisotopic (exact) mass is 414 g/mol. The molecule has 0 unspecified atom stereocenters. The van der Waals surface area contributed by atoms with Crippen LogP contribution >= 0.6 is 0 Å². The van der Waals surface area contributed by atoms with E-state index in [1.54, 1.807) is 0 Å². The van der Waals surface area contributed by atoms with Gasteiger partial charge in [-0.1, -0.05) is 6.07 Å². The maximum absolute atomic E-state index is 12.2. The Hall–Kier alpha value is -2.73. The van der Waals surface area contributed by atoms with Crippen LogP contribution in [0.2, 0.25) is 0 Å². The highest BCUT2D eigenvalue weighted by Gasteiger charge is 2.17. The van der Waals surface area contributed by atoms with Gasteiger partial charge in [0, 0.05) is 37.8 Å². The molecule has 0 aliphatic carbocycles. The number of nitro benzene ring substituents is 1. The molecule has 1 aromatic carbocycles. The molecule has 156 valence electrons. The molecule has 0 aromatic heterocycles. The summed E-state index contributed by atoms with van der Waals surface area (Å²) in [4.78, 5) is 25.6.